The Kier molecular flexibility index (Phi) is 3.25. The van der Waals surface area contributed by atoms with E-state index in [2.05, 4.69) is 31.1 Å². The summed E-state index contributed by atoms with van der Waals surface area (Å²) in [5, 5.41) is 15.9. The average Bonchev–Trinajstić information content (AvgIpc) is 2.69. The fourth-order valence-electron chi connectivity index (χ4n) is 1.10. The van der Waals surface area contributed by atoms with Crippen molar-refractivity contribution in [3.63, 3.8) is 0 Å². The number of aromatic carboxylic acids is 1. The molecule has 7 heteroatoms. The molecule has 0 unspecified atom stereocenters. The van der Waals surface area contributed by atoms with Crippen molar-refractivity contribution in [2.75, 3.05) is 0 Å². The second kappa shape index (κ2) is 4.67. The van der Waals surface area contributed by atoms with Crippen LogP contribution in [0.4, 0.5) is 0 Å². The SMILES string of the molecule is O=C(O)c1cc(Br)cc(Sc2ncn[nH]2)c1. The van der Waals surface area contributed by atoms with E-state index in [0.29, 0.717) is 5.16 Å². The fourth-order valence-corrected chi connectivity index (χ4v) is 2.54. The Bertz CT molecular complexity index is 515. The van der Waals surface area contributed by atoms with Crippen LogP contribution in [0.2, 0.25) is 0 Å². The van der Waals surface area contributed by atoms with Gasteiger partial charge in [0.25, 0.3) is 0 Å². The third-order valence-corrected chi connectivity index (χ3v) is 3.04. The second-order valence-electron chi connectivity index (χ2n) is 2.87. The first-order valence-electron chi connectivity index (χ1n) is 4.22. The quantitative estimate of drug-likeness (QED) is 0.910. The van der Waals surface area contributed by atoms with E-state index in [-0.39, 0.29) is 5.56 Å². The van der Waals surface area contributed by atoms with Crippen molar-refractivity contribution >= 4 is 33.7 Å². The molecule has 0 aliphatic heterocycles. The number of carboxylic acids is 1. The van der Waals surface area contributed by atoms with Crippen molar-refractivity contribution in [3.05, 3.63) is 34.6 Å². The molecule has 82 valence electrons. The standard InChI is InChI=1S/C9H6BrN3O2S/c10-6-1-5(8(14)15)2-7(3-6)16-9-11-4-12-13-9/h1-4H,(H,14,15)(H,11,12,13). The molecule has 1 aromatic carbocycles. The van der Waals surface area contributed by atoms with Crippen molar-refractivity contribution in [1.82, 2.24) is 15.2 Å². The lowest BCUT2D eigenvalue weighted by atomic mass is 10.2. The lowest BCUT2D eigenvalue weighted by Crippen LogP contribution is -1.96. The summed E-state index contributed by atoms with van der Waals surface area (Å²) in [4.78, 5) is 15.6. The third kappa shape index (κ3) is 2.61. The van der Waals surface area contributed by atoms with Gasteiger partial charge in [-0.25, -0.2) is 9.78 Å². The number of hydrogen-bond donors (Lipinski definition) is 2. The van der Waals surface area contributed by atoms with Crippen LogP contribution in [0.5, 0.6) is 0 Å². The molecule has 0 bridgehead atoms. The van der Waals surface area contributed by atoms with Crippen LogP contribution in [0.25, 0.3) is 0 Å². The highest BCUT2D eigenvalue weighted by Gasteiger charge is 2.08. The zero-order chi connectivity index (χ0) is 11.5. The lowest BCUT2D eigenvalue weighted by molar-refractivity contribution is 0.0696. The van der Waals surface area contributed by atoms with E-state index in [0.717, 1.165) is 9.37 Å². The van der Waals surface area contributed by atoms with Gasteiger partial charge < -0.3 is 5.11 Å². The van der Waals surface area contributed by atoms with Crippen molar-refractivity contribution < 1.29 is 9.90 Å². The van der Waals surface area contributed by atoms with Gasteiger partial charge in [-0.1, -0.05) is 27.7 Å². The molecule has 0 fully saturated rings. The van der Waals surface area contributed by atoms with Gasteiger partial charge in [0, 0.05) is 9.37 Å². The van der Waals surface area contributed by atoms with E-state index < -0.39 is 5.97 Å². The molecular weight excluding hydrogens is 294 g/mol. The highest BCUT2D eigenvalue weighted by molar-refractivity contribution is 9.10. The van der Waals surface area contributed by atoms with E-state index in [1.807, 2.05) is 6.07 Å². The zero-order valence-corrected chi connectivity index (χ0v) is 10.2. The molecule has 2 rings (SSSR count). The van der Waals surface area contributed by atoms with Crippen molar-refractivity contribution in [2.45, 2.75) is 10.1 Å². The Morgan fingerprint density at radius 2 is 2.25 bits per heavy atom. The minimum Gasteiger partial charge on any atom is -0.478 e. The van der Waals surface area contributed by atoms with E-state index in [1.54, 1.807) is 12.1 Å². The van der Waals surface area contributed by atoms with Gasteiger partial charge in [-0.3, -0.25) is 5.10 Å². The largest absolute Gasteiger partial charge is 0.478 e. The molecule has 0 spiro atoms. The zero-order valence-electron chi connectivity index (χ0n) is 7.85. The molecule has 2 N–H and O–H groups in total. The van der Waals surface area contributed by atoms with Gasteiger partial charge in [0.2, 0.25) is 0 Å². The van der Waals surface area contributed by atoms with Crippen molar-refractivity contribution in [1.29, 1.82) is 0 Å². The Balaban J connectivity index is 2.31. The number of benzene rings is 1. The van der Waals surface area contributed by atoms with Gasteiger partial charge in [-0.05, 0) is 18.2 Å². The molecule has 0 amide bonds. The van der Waals surface area contributed by atoms with Crippen LogP contribution in [0, 0.1) is 0 Å². The summed E-state index contributed by atoms with van der Waals surface area (Å²) < 4.78 is 0.717. The summed E-state index contributed by atoms with van der Waals surface area (Å²) in [6.45, 7) is 0. The summed E-state index contributed by atoms with van der Waals surface area (Å²) in [5.74, 6) is -0.958. The maximum Gasteiger partial charge on any atom is 0.335 e. The van der Waals surface area contributed by atoms with E-state index >= 15 is 0 Å². The third-order valence-electron chi connectivity index (χ3n) is 1.73. The molecule has 16 heavy (non-hydrogen) atoms. The van der Waals surface area contributed by atoms with Crippen LogP contribution in [-0.2, 0) is 0 Å². The van der Waals surface area contributed by atoms with Crippen LogP contribution in [0.1, 0.15) is 10.4 Å². The molecule has 0 atom stereocenters. The molecule has 0 aliphatic rings. The Labute approximate surface area is 103 Å². The molecule has 2 aromatic rings. The number of hydrogen-bond acceptors (Lipinski definition) is 4. The molecule has 0 saturated heterocycles. The summed E-state index contributed by atoms with van der Waals surface area (Å²) >= 11 is 4.58. The maximum absolute atomic E-state index is 10.8. The molecule has 1 aromatic heterocycles. The van der Waals surface area contributed by atoms with E-state index in [9.17, 15) is 4.79 Å². The van der Waals surface area contributed by atoms with Crippen molar-refractivity contribution in [3.8, 4) is 0 Å². The molecular formula is C9H6BrN3O2S. The number of carbonyl (C=O) groups is 1. The summed E-state index contributed by atoms with van der Waals surface area (Å²) in [6, 6.07) is 4.95. The predicted molar refractivity (Wildman–Crippen MR) is 61.6 cm³/mol. The van der Waals surface area contributed by atoms with E-state index in [1.165, 1.54) is 18.1 Å². The highest BCUT2D eigenvalue weighted by Crippen LogP contribution is 2.28. The first kappa shape index (κ1) is 11.2. The minimum atomic E-state index is -0.958. The number of carboxylic acid groups (broad SMARTS) is 1. The normalized spacial score (nSPS) is 10.3. The number of aromatic amines is 1. The molecule has 0 radical (unpaired) electrons. The fraction of sp³-hybridized carbons (Fsp3) is 0. The van der Waals surface area contributed by atoms with Gasteiger partial charge in [0.05, 0.1) is 5.56 Å². The molecule has 0 aliphatic carbocycles. The molecule has 0 saturated carbocycles. The molecule has 5 nitrogen and oxygen atoms in total. The van der Waals surface area contributed by atoms with Gasteiger partial charge in [0.1, 0.15) is 6.33 Å². The minimum absolute atomic E-state index is 0.233. The highest BCUT2D eigenvalue weighted by atomic mass is 79.9. The van der Waals surface area contributed by atoms with Crippen LogP contribution in [0.3, 0.4) is 0 Å². The maximum atomic E-state index is 10.8. The molecule has 1 heterocycles. The summed E-state index contributed by atoms with van der Waals surface area (Å²) in [5.41, 5.74) is 0.233. The number of nitrogens with one attached hydrogen (secondary N) is 1. The number of aromatic nitrogens is 3. The first-order valence-corrected chi connectivity index (χ1v) is 5.83. The summed E-state index contributed by atoms with van der Waals surface area (Å²) in [7, 11) is 0. The Morgan fingerprint density at radius 1 is 1.44 bits per heavy atom. The Morgan fingerprint density at radius 3 is 2.88 bits per heavy atom. The first-order chi connectivity index (χ1) is 7.65. The van der Waals surface area contributed by atoms with Crippen LogP contribution in [-0.4, -0.2) is 26.3 Å². The van der Waals surface area contributed by atoms with Gasteiger partial charge in [-0.2, -0.15) is 5.10 Å². The number of nitrogens with zero attached hydrogens (tertiary/aromatic N) is 2. The summed E-state index contributed by atoms with van der Waals surface area (Å²) in [6.07, 6.45) is 1.40. The number of H-pyrrole nitrogens is 1. The number of rotatable bonds is 3. The monoisotopic (exact) mass is 299 g/mol. The van der Waals surface area contributed by atoms with Crippen LogP contribution >= 0.6 is 27.7 Å². The van der Waals surface area contributed by atoms with Crippen LogP contribution in [0.15, 0.2) is 39.1 Å². The van der Waals surface area contributed by atoms with E-state index in [4.69, 9.17) is 5.11 Å². The van der Waals surface area contributed by atoms with Crippen molar-refractivity contribution in [2.24, 2.45) is 0 Å². The van der Waals surface area contributed by atoms with Gasteiger partial charge >= 0.3 is 5.97 Å². The van der Waals surface area contributed by atoms with Crippen LogP contribution < -0.4 is 0 Å². The topological polar surface area (TPSA) is 78.9 Å². The predicted octanol–water partition coefficient (Wildman–Crippen LogP) is 2.42. The second-order valence-corrected chi connectivity index (χ2v) is 4.85. The smallest absolute Gasteiger partial charge is 0.335 e. The van der Waals surface area contributed by atoms with Gasteiger partial charge in [0.15, 0.2) is 5.16 Å². The average molecular weight is 300 g/mol. The Hall–Kier alpha value is -1.34. The van der Waals surface area contributed by atoms with Gasteiger partial charge in [-0.15, -0.1) is 0 Å². The number of halogens is 1. The lowest BCUT2D eigenvalue weighted by Gasteiger charge is -2.01.